The normalized spacial score (nSPS) is 23.9. The average molecular weight is 250 g/mol. The predicted molar refractivity (Wildman–Crippen MR) is 70.1 cm³/mol. The maximum Gasteiger partial charge on any atom is 0.272 e. The summed E-state index contributed by atoms with van der Waals surface area (Å²) in [5.41, 5.74) is 6.57. The molecule has 1 aromatic rings. The standard InChI is InChI=1S/C13H22N4O/c1-3-17(11-6-4-10(14)5-7-11)13(18)12-8-15-9-16(12)2/h8-11H,3-7,14H2,1-2H3. The van der Waals surface area contributed by atoms with Crippen LogP contribution in [-0.4, -0.2) is 39.0 Å². The SMILES string of the molecule is CCN(C(=O)c1cncn1C)C1CCC(N)CC1. The fraction of sp³-hybridized carbons (Fsp3) is 0.692. The summed E-state index contributed by atoms with van der Waals surface area (Å²) < 4.78 is 1.78. The van der Waals surface area contributed by atoms with E-state index in [0.717, 1.165) is 32.2 Å². The van der Waals surface area contributed by atoms with E-state index >= 15 is 0 Å². The first kappa shape index (κ1) is 13.1. The highest BCUT2D eigenvalue weighted by molar-refractivity contribution is 5.92. The van der Waals surface area contributed by atoms with Crippen LogP contribution < -0.4 is 5.73 Å². The van der Waals surface area contributed by atoms with E-state index in [2.05, 4.69) is 4.98 Å². The number of amides is 1. The molecule has 1 aromatic heterocycles. The van der Waals surface area contributed by atoms with Crippen LogP contribution in [0.4, 0.5) is 0 Å². The smallest absolute Gasteiger partial charge is 0.272 e. The molecule has 0 unspecified atom stereocenters. The van der Waals surface area contributed by atoms with E-state index in [0.29, 0.717) is 17.8 Å². The lowest BCUT2D eigenvalue weighted by molar-refractivity contribution is 0.0631. The Balaban J connectivity index is 2.09. The van der Waals surface area contributed by atoms with E-state index in [1.54, 1.807) is 17.1 Å². The largest absolute Gasteiger partial charge is 0.335 e. The Kier molecular flexibility index (Phi) is 4.01. The number of carbonyl (C=O) groups excluding carboxylic acids is 1. The molecule has 5 heteroatoms. The van der Waals surface area contributed by atoms with Crippen molar-refractivity contribution in [2.75, 3.05) is 6.54 Å². The van der Waals surface area contributed by atoms with Gasteiger partial charge in [0, 0.05) is 25.7 Å². The van der Waals surface area contributed by atoms with Crippen LogP contribution in [0.5, 0.6) is 0 Å². The van der Waals surface area contributed by atoms with Gasteiger partial charge < -0.3 is 15.2 Å². The molecule has 2 rings (SSSR count). The topological polar surface area (TPSA) is 64.2 Å². The quantitative estimate of drug-likeness (QED) is 0.875. The lowest BCUT2D eigenvalue weighted by Crippen LogP contribution is -2.44. The van der Waals surface area contributed by atoms with Gasteiger partial charge in [0.1, 0.15) is 5.69 Å². The Labute approximate surface area is 108 Å². The van der Waals surface area contributed by atoms with Crippen molar-refractivity contribution in [2.45, 2.75) is 44.7 Å². The first-order valence-corrected chi connectivity index (χ1v) is 6.66. The van der Waals surface area contributed by atoms with Crippen molar-refractivity contribution in [1.29, 1.82) is 0 Å². The molecule has 5 nitrogen and oxygen atoms in total. The number of hydrogen-bond donors (Lipinski definition) is 1. The van der Waals surface area contributed by atoms with E-state index in [9.17, 15) is 4.79 Å². The monoisotopic (exact) mass is 250 g/mol. The summed E-state index contributed by atoms with van der Waals surface area (Å²) in [6.07, 6.45) is 7.36. The molecule has 0 saturated heterocycles. The van der Waals surface area contributed by atoms with Crippen molar-refractivity contribution >= 4 is 5.91 Å². The van der Waals surface area contributed by atoms with Crippen molar-refractivity contribution < 1.29 is 4.79 Å². The molecule has 1 aliphatic carbocycles. The summed E-state index contributed by atoms with van der Waals surface area (Å²) >= 11 is 0. The summed E-state index contributed by atoms with van der Waals surface area (Å²) in [4.78, 5) is 18.4. The zero-order valence-corrected chi connectivity index (χ0v) is 11.2. The van der Waals surface area contributed by atoms with E-state index in [1.165, 1.54) is 0 Å². The fourth-order valence-electron chi connectivity index (χ4n) is 2.69. The molecule has 0 bridgehead atoms. The Hall–Kier alpha value is -1.36. The van der Waals surface area contributed by atoms with Gasteiger partial charge in [-0.3, -0.25) is 4.79 Å². The van der Waals surface area contributed by atoms with Crippen LogP contribution in [0.3, 0.4) is 0 Å². The van der Waals surface area contributed by atoms with Crippen molar-refractivity contribution in [3.05, 3.63) is 18.2 Å². The number of aryl methyl sites for hydroxylation is 1. The Bertz CT molecular complexity index is 407. The Morgan fingerprint density at radius 2 is 2.17 bits per heavy atom. The van der Waals surface area contributed by atoms with Crippen molar-refractivity contribution in [3.63, 3.8) is 0 Å². The molecule has 0 radical (unpaired) electrons. The van der Waals surface area contributed by atoms with Crippen LogP contribution >= 0.6 is 0 Å². The van der Waals surface area contributed by atoms with Crippen LogP contribution in [0.15, 0.2) is 12.5 Å². The highest BCUT2D eigenvalue weighted by atomic mass is 16.2. The molecule has 100 valence electrons. The molecule has 18 heavy (non-hydrogen) atoms. The second-order valence-electron chi connectivity index (χ2n) is 5.05. The third kappa shape index (κ3) is 2.56. The van der Waals surface area contributed by atoms with E-state index in [4.69, 9.17) is 5.73 Å². The fourth-order valence-corrected chi connectivity index (χ4v) is 2.69. The van der Waals surface area contributed by atoms with Crippen LogP contribution in [0.1, 0.15) is 43.1 Å². The van der Waals surface area contributed by atoms with Gasteiger partial charge >= 0.3 is 0 Å². The summed E-state index contributed by atoms with van der Waals surface area (Å²) in [6.45, 7) is 2.77. The number of nitrogens with zero attached hydrogens (tertiary/aromatic N) is 3. The van der Waals surface area contributed by atoms with E-state index in [-0.39, 0.29) is 5.91 Å². The van der Waals surface area contributed by atoms with Gasteiger partial charge in [-0.05, 0) is 32.6 Å². The summed E-state index contributed by atoms with van der Waals surface area (Å²) in [5.74, 6) is 0.0815. The van der Waals surface area contributed by atoms with Crippen LogP contribution in [0.2, 0.25) is 0 Å². The average Bonchev–Trinajstić information content (AvgIpc) is 2.78. The minimum absolute atomic E-state index is 0.0815. The maximum atomic E-state index is 12.5. The molecule has 0 aliphatic heterocycles. The van der Waals surface area contributed by atoms with Gasteiger partial charge in [-0.25, -0.2) is 4.98 Å². The number of imidazole rings is 1. The molecule has 1 saturated carbocycles. The second kappa shape index (κ2) is 5.52. The van der Waals surface area contributed by atoms with Crippen LogP contribution in [-0.2, 0) is 7.05 Å². The van der Waals surface area contributed by atoms with Crippen molar-refractivity contribution in [1.82, 2.24) is 14.5 Å². The van der Waals surface area contributed by atoms with Crippen LogP contribution in [0.25, 0.3) is 0 Å². The summed E-state index contributed by atoms with van der Waals surface area (Å²) in [6, 6.07) is 0.643. The van der Waals surface area contributed by atoms with Gasteiger partial charge in [0.25, 0.3) is 5.91 Å². The highest BCUT2D eigenvalue weighted by Crippen LogP contribution is 2.23. The summed E-state index contributed by atoms with van der Waals surface area (Å²) in [5, 5.41) is 0. The molecule has 0 spiro atoms. The molecule has 1 heterocycles. The lowest BCUT2D eigenvalue weighted by Gasteiger charge is -2.35. The Morgan fingerprint density at radius 3 is 2.67 bits per heavy atom. The number of carbonyl (C=O) groups is 1. The molecular formula is C13H22N4O. The van der Waals surface area contributed by atoms with Gasteiger partial charge in [0.2, 0.25) is 0 Å². The first-order chi connectivity index (χ1) is 8.63. The number of aromatic nitrogens is 2. The van der Waals surface area contributed by atoms with Crippen molar-refractivity contribution in [3.8, 4) is 0 Å². The Morgan fingerprint density at radius 1 is 1.50 bits per heavy atom. The minimum atomic E-state index is 0.0815. The van der Waals surface area contributed by atoms with E-state index < -0.39 is 0 Å². The second-order valence-corrected chi connectivity index (χ2v) is 5.05. The maximum absolute atomic E-state index is 12.5. The molecule has 1 fully saturated rings. The number of rotatable bonds is 3. The third-order valence-corrected chi connectivity index (χ3v) is 3.82. The van der Waals surface area contributed by atoms with E-state index in [1.807, 2.05) is 18.9 Å². The zero-order chi connectivity index (χ0) is 13.1. The zero-order valence-electron chi connectivity index (χ0n) is 11.2. The van der Waals surface area contributed by atoms with Gasteiger partial charge in [-0.1, -0.05) is 0 Å². The molecule has 0 atom stereocenters. The predicted octanol–water partition coefficient (Wildman–Crippen LogP) is 1.15. The molecule has 1 amide bonds. The third-order valence-electron chi connectivity index (χ3n) is 3.82. The van der Waals surface area contributed by atoms with Crippen LogP contribution in [0, 0.1) is 0 Å². The first-order valence-electron chi connectivity index (χ1n) is 6.66. The number of nitrogens with two attached hydrogens (primary N) is 1. The summed E-state index contributed by atoms with van der Waals surface area (Å²) in [7, 11) is 1.85. The number of hydrogen-bond acceptors (Lipinski definition) is 3. The van der Waals surface area contributed by atoms with Gasteiger partial charge in [0.05, 0.1) is 12.5 Å². The molecule has 0 aromatic carbocycles. The van der Waals surface area contributed by atoms with Gasteiger partial charge in [0.15, 0.2) is 0 Å². The molecular weight excluding hydrogens is 228 g/mol. The molecule has 1 aliphatic rings. The molecule has 2 N–H and O–H groups in total. The van der Waals surface area contributed by atoms with Crippen molar-refractivity contribution in [2.24, 2.45) is 12.8 Å². The highest BCUT2D eigenvalue weighted by Gasteiger charge is 2.28. The van der Waals surface area contributed by atoms with Gasteiger partial charge in [-0.2, -0.15) is 0 Å². The van der Waals surface area contributed by atoms with Gasteiger partial charge in [-0.15, -0.1) is 0 Å². The lowest BCUT2D eigenvalue weighted by atomic mass is 9.90. The minimum Gasteiger partial charge on any atom is -0.335 e.